The minimum atomic E-state index is -0.445. The van der Waals surface area contributed by atoms with E-state index in [0.29, 0.717) is 39.4 Å². The predicted molar refractivity (Wildman–Crippen MR) is 65.1 cm³/mol. The van der Waals surface area contributed by atoms with Gasteiger partial charge in [0.05, 0.1) is 25.3 Å². The second-order valence-electron chi connectivity index (χ2n) is 4.73. The van der Waals surface area contributed by atoms with E-state index in [4.69, 9.17) is 4.74 Å². The third kappa shape index (κ3) is 2.37. The van der Waals surface area contributed by atoms with Crippen molar-refractivity contribution in [2.75, 3.05) is 44.3 Å². The molecule has 7 heteroatoms. The summed E-state index contributed by atoms with van der Waals surface area (Å²) in [6, 6.07) is 0. The van der Waals surface area contributed by atoms with Crippen molar-refractivity contribution in [3.8, 4) is 0 Å². The lowest BCUT2D eigenvalue weighted by Crippen LogP contribution is -2.56. The second kappa shape index (κ2) is 5.08. The van der Waals surface area contributed by atoms with Gasteiger partial charge < -0.3 is 14.5 Å². The van der Waals surface area contributed by atoms with Crippen molar-refractivity contribution in [2.45, 2.75) is 0 Å². The Balaban J connectivity index is 1.57. The third-order valence-electron chi connectivity index (χ3n) is 3.50. The van der Waals surface area contributed by atoms with Crippen LogP contribution in [-0.4, -0.2) is 60.2 Å². The molecule has 0 aliphatic carbocycles. The first-order valence-corrected chi connectivity index (χ1v) is 6.32. The van der Waals surface area contributed by atoms with Gasteiger partial charge in [0.25, 0.3) is 0 Å². The summed E-state index contributed by atoms with van der Waals surface area (Å²) in [7, 11) is 0. The van der Waals surface area contributed by atoms with Gasteiger partial charge in [0, 0.05) is 26.2 Å². The van der Waals surface area contributed by atoms with Gasteiger partial charge in [0.2, 0.25) is 5.91 Å². The van der Waals surface area contributed by atoms with Gasteiger partial charge >= 0.3 is 0 Å². The Morgan fingerprint density at radius 2 is 2.11 bits per heavy atom. The highest BCUT2D eigenvalue weighted by Crippen LogP contribution is 2.25. The first-order valence-electron chi connectivity index (χ1n) is 6.32. The molecular weight excluding hydrogens is 251 g/mol. The zero-order valence-corrected chi connectivity index (χ0v) is 10.5. The van der Waals surface area contributed by atoms with Crippen molar-refractivity contribution in [3.05, 3.63) is 18.3 Å². The number of morpholine rings is 1. The fourth-order valence-electron chi connectivity index (χ4n) is 2.39. The molecule has 1 aromatic rings. The van der Waals surface area contributed by atoms with E-state index in [0.717, 1.165) is 6.20 Å². The minimum absolute atomic E-state index is 0.0625. The number of ether oxygens (including phenoxy) is 1. The zero-order chi connectivity index (χ0) is 13.2. The van der Waals surface area contributed by atoms with Crippen molar-refractivity contribution in [1.82, 2.24) is 14.9 Å². The first-order chi connectivity index (χ1) is 9.25. The van der Waals surface area contributed by atoms with Crippen LogP contribution in [-0.2, 0) is 9.53 Å². The maximum Gasteiger partial charge on any atom is 0.229 e. The molecule has 2 aliphatic heterocycles. The number of rotatable bonds is 2. The maximum absolute atomic E-state index is 13.5. The van der Waals surface area contributed by atoms with E-state index in [1.165, 1.54) is 6.33 Å². The molecule has 0 spiro atoms. The van der Waals surface area contributed by atoms with Gasteiger partial charge in [-0.25, -0.2) is 14.4 Å². The van der Waals surface area contributed by atoms with Crippen molar-refractivity contribution in [1.29, 1.82) is 0 Å². The van der Waals surface area contributed by atoms with Crippen LogP contribution in [0.2, 0.25) is 0 Å². The average molecular weight is 266 g/mol. The highest BCUT2D eigenvalue weighted by Gasteiger charge is 2.37. The number of aromatic nitrogens is 2. The van der Waals surface area contributed by atoms with Crippen LogP contribution in [0.1, 0.15) is 0 Å². The van der Waals surface area contributed by atoms with E-state index < -0.39 is 5.82 Å². The molecule has 6 nitrogen and oxygen atoms in total. The molecule has 0 aromatic carbocycles. The van der Waals surface area contributed by atoms with Crippen LogP contribution in [0.25, 0.3) is 0 Å². The molecule has 2 saturated heterocycles. The molecule has 0 bridgehead atoms. The van der Waals surface area contributed by atoms with Gasteiger partial charge in [-0.15, -0.1) is 0 Å². The number of amides is 1. The Kier molecular flexibility index (Phi) is 3.29. The summed E-state index contributed by atoms with van der Waals surface area (Å²) in [5.41, 5.74) is 0. The summed E-state index contributed by atoms with van der Waals surface area (Å²) in [5.74, 6) is -0.0951. The van der Waals surface area contributed by atoms with Gasteiger partial charge in [-0.3, -0.25) is 4.79 Å². The predicted octanol–water partition coefficient (Wildman–Crippen LogP) is -0.0893. The molecule has 0 radical (unpaired) electrons. The summed E-state index contributed by atoms with van der Waals surface area (Å²) < 4.78 is 18.7. The van der Waals surface area contributed by atoms with Crippen molar-refractivity contribution in [3.63, 3.8) is 0 Å². The average Bonchev–Trinajstić information content (AvgIpc) is 2.40. The van der Waals surface area contributed by atoms with Crippen molar-refractivity contribution in [2.24, 2.45) is 5.92 Å². The van der Waals surface area contributed by atoms with Crippen LogP contribution in [0.5, 0.6) is 0 Å². The lowest BCUT2D eigenvalue weighted by Gasteiger charge is -2.41. The monoisotopic (exact) mass is 266 g/mol. The fraction of sp³-hybridized carbons (Fsp3) is 0.583. The molecule has 19 heavy (non-hydrogen) atoms. The molecule has 0 unspecified atom stereocenters. The third-order valence-corrected chi connectivity index (χ3v) is 3.50. The van der Waals surface area contributed by atoms with Crippen LogP contribution in [0.3, 0.4) is 0 Å². The minimum Gasteiger partial charge on any atom is -0.378 e. The number of hydrogen-bond donors (Lipinski definition) is 0. The zero-order valence-electron chi connectivity index (χ0n) is 10.5. The standard InChI is InChI=1S/C12H15FN4O2/c13-10-5-14-8-15-11(10)17-6-9(7-17)12(18)16-1-3-19-4-2-16/h5,8-9H,1-4,6-7H2. The van der Waals surface area contributed by atoms with E-state index in [1.54, 1.807) is 4.90 Å². The number of hydrogen-bond acceptors (Lipinski definition) is 5. The first kappa shape index (κ1) is 12.3. The largest absolute Gasteiger partial charge is 0.378 e. The van der Waals surface area contributed by atoms with E-state index in [1.807, 2.05) is 4.90 Å². The van der Waals surface area contributed by atoms with E-state index in [9.17, 15) is 9.18 Å². The summed E-state index contributed by atoms with van der Waals surface area (Å²) >= 11 is 0. The summed E-state index contributed by atoms with van der Waals surface area (Å²) in [6.45, 7) is 3.54. The Morgan fingerprint density at radius 3 is 2.79 bits per heavy atom. The number of nitrogens with zero attached hydrogens (tertiary/aromatic N) is 4. The van der Waals surface area contributed by atoms with Crippen LogP contribution >= 0.6 is 0 Å². The van der Waals surface area contributed by atoms with Crippen molar-refractivity contribution >= 4 is 11.7 Å². The smallest absolute Gasteiger partial charge is 0.229 e. The van der Waals surface area contributed by atoms with Gasteiger partial charge in [-0.05, 0) is 0 Å². The fourth-order valence-corrected chi connectivity index (χ4v) is 2.39. The van der Waals surface area contributed by atoms with Gasteiger partial charge in [-0.1, -0.05) is 0 Å². The van der Waals surface area contributed by atoms with E-state index in [-0.39, 0.29) is 17.6 Å². The molecule has 3 rings (SSSR count). The second-order valence-corrected chi connectivity index (χ2v) is 4.73. The Labute approximate surface area is 110 Å². The molecule has 0 saturated carbocycles. The lowest BCUT2D eigenvalue weighted by atomic mass is 9.98. The topological polar surface area (TPSA) is 58.6 Å². The number of anilines is 1. The number of carbonyl (C=O) groups excluding carboxylic acids is 1. The van der Waals surface area contributed by atoms with Gasteiger partial charge in [0.15, 0.2) is 11.6 Å². The molecule has 102 valence electrons. The highest BCUT2D eigenvalue weighted by molar-refractivity contribution is 5.82. The summed E-state index contributed by atoms with van der Waals surface area (Å²) in [6.07, 6.45) is 2.45. The molecule has 0 atom stereocenters. The molecule has 2 fully saturated rings. The van der Waals surface area contributed by atoms with Crippen LogP contribution in [0.4, 0.5) is 10.2 Å². The van der Waals surface area contributed by atoms with E-state index in [2.05, 4.69) is 9.97 Å². The molecular formula is C12H15FN4O2. The highest BCUT2D eigenvalue weighted by atomic mass is 19.1. The van der Waals surface area contributed by atoms with Crippen LogP contribution < -0.4 is 4.90 Å². The normalized spacial score (nSPS) is 20.3. The molecule has 3 heterocycles. The van der Waals surface area contributed by atoms with E-state index >= 15 is 0 Å². The molecule has 1 amide bonds. The summed E-state index contributed by atoms with van der Waals surface area (Å²) in [5, 5.41) is 0. The quantitative estimate of drug-likeness (QED) is 0.749. The Hall–Kier alpha value is -1.76. The number of halogens is 1. The van der Waals surface area contributed by atoms with Crippen molar-refractivity contribution < 1.29 is 13.9 Å². The van der Waals surface area contributed by atoms with Gasteiger partial charge in [0.1, 0.15) is 6.33 Å². The molecule has 0 N–H and O–H groups in total. The molecule has 2 aliphatic rings. The van der Waals surface area contributed by atoms with Crippen LogP contribution in [0, 0.1) is 11.7 Å². The lowest BCUT2D eigenvalue weighted by molar-refractivity contribution is -0.140. The van der Waals surface area contributed by atoms with Crippen LogP contribution in [0.15, 0.2) is 12.5 Å². The van der Waals surface area contributed by atoms with Gasteiger partial charge in [-0.2, -0.15) is 0 Å². The number of carbonyl (C=O) groups is 1. The molecule has 1 aromatic heterocycles. The maximum atomic E-state index is 13.5. The SMILES string of the molecule is O=C(C1CN(c2ncncc2F)C1)N1CCOCC1. The Morgan fingerprint density at radius 1 is 1.37 bits per heavy atom. The summed E-state index contributed by atoms with van der Waals surface area (Å²) in [4.78, 5) is 23.3. The Bertz CT molecular complexity index is 473.